The van der Waals surface area contributed by atoms with E-state index in [-0.39, 0.29) is 5.82 Å². The molecule has 0 N–H and O–H groups in total. The van der Waals surface area contributed by atoms with Crippen molar-refractivity contribution in [2.24, 2.45) is 0 Å². The quantitative estimate of drug-likeness (QED) is 0.541. The third-order valence-corrected chi connectivity index (χ3v) is 2.89. The van der Waals surface area contributed by atoms with Crippen LogP contribution >= 0.6 is 0 Å². The molecule has 0 radical (unpaired) electrons. The number of halogens is 1. The summed E-state index contributed by atoms with van der Waals surface area (Å²) in [5.41, 5.74) is 3.75. The molecule has 0 bridgehead atoms. The molecular formula is C19H15F. The van der Waals surface area contributed by atoms with E-state index in [1.807, 2.05) is 37.3 Å². The normalized spacial score (nSPS) is 10.6. The fourth-order valence-electron chi connectivity index (χ4n) is 1.90. The van der Waals surface area contributed by atoms with Gasteiger partial charge in [-0.25, -0.2) is 4.39 Å². The molecule has 2 aromatic carbocycles. The van der Waals surface area contributed by atoms with Crippen molar-refractivity contribution >= 4 is 5.57 Å². The molecule has 98 valence electrons. The number of aryl methyl sites for hydroxylation is 1. The minimum Gasteiger partial charge on any atom is -0.207 e. The molecule has 0 aliphatic heterocycles. The van der Waals surface area contributed by atoms with Crippen molar-refractivity contribution in [1.29, 1.82) is 0 Å². The maximum absolute atomic E-state index is 13.1. The molecule has 0 heterocycles. The molecule has 0 saturated heterocycles. The Kier molecular flexibility index (Phi) is 4.52. The predicted molar refractivity (Wildman–Crippen MR) is 82.6 cm³/mol. The van der Waals surface area contributed by atoms with Crippen LogP contribution in [0.3, 0.4) is 0 Å². The van der Waals surface area contributed by atoms with Crippen molar-refractivity contribution in [1.82, 2.24) is 0 Å². The van der Waals surface area contributed by atoms with Gasteiger partial charge in [-0.3, -0.25) is 0 Å². The lowest BCUT2D eigenvalue weighted by Gasteiger charge is -2.03. The lowest BCUT2D eigenvalue weighted by molar-refractivity contribution is 0.627. The first-order valence-electron chi connectivity index (χ1n) is 6.37. The first-order chi connectivity index (χ1) is 9.70. The Morgan fingerprint density at radius 2 is 1.95 bits per heavy atom. The third kappa shape index (κ3) is 3.46. The summed E-state index contributed by atoms with van der Waals surface area (Å²) in [6.07, 6.45) is 3.58. The van der Waals surface area contributed by atoms with E-state index in [0.717, 1.165) is 16.7 Å². The largest absolute Gasteiger partial charge is 0.207 e. The minimum absolute atomic E-state index is 0.276. The van der Waals surface area contributed by atoms with Gasteiger partial charge in [0.1, 0.15) is 5.82 Å². The number of rotatable bonds is 2. The van der Waals surface area contributed by atoms with Crippen LogP contribution in [0.5, 0.6) is 0 Å². The molecule has 0 nitrogen and oxygen atoms in total. The molecule has 0 amide bonds. The zero-order valence-corrected chi connectivity index (χ0v) is 11.4. The monoisotopic (exact) mass is 262 g/mol. The molecule has 0 fully saturated rings. The molecular weight excluding hydrogens is 247 g/mol. The van der Waals surface area contributed by atoms with Gasteiger partial charge >= 0.3 is 0 Å². The van der Waals surface area contributed by atoms with Crippen molar-refractivity contribution in [3.05, 3.63) is 89.8 Å². The predicted octanol–water partition coefficient (Wildman–Crippen LogP) is 4.76. The van der Waals surface area contributed by atoms with Crippen molar-refractivity contribution < 1.29 is 4.39 Å². The van der Waals surface area contributed by atoms with E-state index in [9.17, 15) is 4.39 Å². The summed E-state index contributed by atoms with van der Waals surface area (Å²) in [5.74, 6) is 5.81. The summed E-state index contributed by atoms with van der Waals surface area (Å²) in [6.45, 7) is 5.76. The molecule has 0 spiro atoms. The molecule has 0 aromatic heterocycles. The molecule has 2 aromatic rings. The summed E-state index contributed by atoms with van der Waals surface area (Å²) < 4.78 is 13.1. The van der Waals surface area contributed by atoms with Crippen molar-refractivity contribution in [3.63, 3.8) is 0 Å². The Labute approximate surface area is 119 Å². The van der Waals surface area contributed by atoms with Crippen LogP contribution in [-0.2, 0) is 0 Å². The van der Waals surface area contributed by atoms with Crippen LogP contribution in [0.15, 0.2) is 67.3 Å². The van der Waals surface area contributed by atoms with Gasteiger partial charge in [-0.05, 0) is 42.3 Å². The minimum atomic E-state index is -0.276. The highest BCUT2D eigenvalue weighted by Gasteiger charge is 2.00. The number of benzene rings is 2. The molecule has 2 rings (SSSR count). The van der Waals surface area contributed by atoms with Crippen LogP contribution < -0.4 is 0 Å². The summed E-state index contributed by atoms with van der Waals surface area (Å²) in [7, 11) is 0. The number of allylic oxidation sites excluding steroid dienone is 3. The smallest absolute Gasteiger partial charge is 0.124 e. The highest BCUT2D eigenvalue weighted by atomic mass is 19.1. The summed E-state index contributed by atoms with van der Waals surface area (Å²) in [4.78, 5) is 0. The van der Waals surface area contributed by atoms with Gasteiger partial charge in [0.2, 0.25) is 0 Å². The first kappa shape index (κ1) is 13.8. The van der Waals surface area contributed by atoms with Gasteiger partial charge in [0.25, 0.3) is 0 Å². The Bertz CT molecular complexity index is 712. The molecule has 20 heavy (non-hydrogen) atoms. The van der Waals surface area contributed by atoms with E-state index in [2.05, 4.69) is 18.4 Å². The summed E-state index contributed by atoms with van der Waals surface area (Å²) >= 11 is 0. The van der Waals surface area contributed by atoms with Crippen LogP contribution in [0.2, 0.25) is 0 Å². The number of hydrogen-bond acceptors (Lipinski definition) is 0. The van der Waals surface area contributed by atoms with Gasteiger partial charge in [-0.1, -0.05) is 54.8 Å². The Morgan fingerprint density at radius 3 is 2.65 bits per heavy atom. The van der Waals surface area contributed by atoms with Crippen LogP contribution in [0.4, 0.5) is 4.39 Å². The van der Waals surface area contributed by atoms with E-state index in [1.54, 1.807) is 18.2 Å². The fraction of sp³-hybridized carbons (Fsp3) is 0.0526. The topological polar surface area (TPSA) is 0 Å². The van der Waals surface area contributed by atoms with E-state index in [0.29, 0.717) is 5.56 Å². The van der Waals surface area contributed by atoms with Crippen LogP contribution in [0, 0.1) is 24.6 Å². The number of hydrogen-bond donors (Lipinski definition) is 0. The average Bonchev–Trinajstić information content (AvgIpc) is 2.44. The van der Waals surface area contributed by atoms with E-state index in [4.69, 9.17) is 0 Å². The second-order valence-electron chi connectivity index (χ2n) is 4.39. The zero-order valence-electron chi connectivity index (χ0n) is 11.4. The molecule has 0 unspecified atom stereocenters. The average molecular weight is 262 g/mol. The first-order valence-corrected chi connectivity index (χ1v) is 6.37. The van der Waals surface area contributed by atoms with E-state index >= 15 is 0 Å². The standard InChI is InChI=1S/C19H15F/c1-3-7-17(19-11-5-4-8-15(19)2)13-12-16-9-6-10-18(20)14-16/h3-11,14H,1H2,2H3/b17-7-. The van der Waals surface area contributed by atoms with Gasteiger partial charge in [0.15, 0.2) is 0 Å². The van der Waals surface area contributed by atoms with Gasteiger partial charge in [-0.2, -0.15) is 0 Å². The summed E-state index contributed by atoms with van der Waals surface area (Å²) in [5, 5.41) is 0. The van der Waals surface area contributed by atoms with Crippen molar-refractivity contribution in [2.75, 3.05) is 0 Å². The Morgan fingerprint density at radius 1 is 1.15 bits per heavy atom. The lowest BCUT2D eigenvalue weighted by Crippen LogP contribution is -1.86. The SMILES string of the molecule is C=C/C=C(/C#Cc1cccc(F)c1)c1ccccc1C. The zero-order chi connectivity index (χ0) is 14.4. The van der Waals surface area contributed by atoms with Crippen LogP contribution in [0.25, 0.3) is 5.57 Å². The van der Waals surface area contributed by atoms with Crippen molar-refractivity contribution in [2.45, 2.75) is 6.92 Å². The maximum atomic E-state index is 13.1. The maximum Gasteiger partial charge on any atom is 0.124 e. The molecule has 0 atom stereocenters. The molecule has 0 aliphatic rings. The second kappa shape index (κ2) is 6.54. The molecule has 0 saturated carbocycles. The lowest BCUT2D eigenvalue weighted by atomic mass is 10.0. The van der Waals surface area contributed by atoms with Crippen molar-refractivity contribution in [3.8, 4) is 11.8 Å². The highest BCUT2D eigenvalue weighted by Crippen LogP contribution is 2.18. The molecule has 0 aliphatic carbocycles. The van der Waals surface area contributed by atoms with Gasteiger partial charge in [0, 0.05) is 11.1 Å². The third-order valence-electron chi connectivity index (χ3n) is 2.89. The van der Waals surface area contributed by atoms with Gasteiger partial charge in [-0.15, -0.1) is 0 Å². The highest BCUT2D eigenvalue weighted by molar-refractivity contribution is 5.82. The van der Waals surface area contributed by atoms with Gasteiger partial charge in [0.05, 0.1) is 0 Å². The molecule has 1 heteroatoms. The van der Waals surface area contributed by atoms with E-state index in [1.165, 1.54) is 12.1 Å². The van der Waals surface area contributed by atoms with E-state index < -0.39 is 0 Å². The van der Waals surface area contributed by atoms with Crippen LogP contribution in [0.1, 0.15) is 16.7 Å². The Balaban J connectivity index is 2.40. The summed E-state index contributed by atoms with van der Waals surface area (Å²) in [6, 6.07) is 14.3. The fourth-order valence-corrected chi connectivity index (χ4v) is 1.90. The van der Waals surface area contributed by atoms with Crippen LogP contribution in [-0.4, -0.2) is 0 Å². The van der Waals surface area contributed by atoms with Gasteiger partial charge < -0.3 is 0 Å². The Hall–Kier alpha value is -2.59. The second-order valence-corrected chi connectivity index (χ2v) is 4.39.